The first-order chi connectivity index (χ1) is 10.0. The number of likely N-dealkylation sites (tertiary alicyclic amines) is 1. The van der Waals surface area contributed by atoms with Crippen LogP contribution in [0.2, 0.25) is 0 Å². The highest BCUT2D eigenvalue weighted by atomic mass is 32.1. The minimum Gasteiger partial charge on any atom is -0.395 e. The monoisotopic (exact) mass is 306 g/mol. The molecule has 1 aromatic heterocycles. The van der Waals surface area contributed by atoms with E-state index in [2.05, 4.69) is 17.2 Å². The van der Waals surface area contributed by atoms with Gasteiger partial charge in [-0.25, -0.2) is 0 Å². The molecule has 1 aromatic rings. The van der Waals surface area contributed by atoms with E-state index < -0.39 is 6.04 Å². The van der Waals surface area contributed by atoms with Crippen LogP contribution in [0.4, 0.5) is 0 Å². The summed E-state index contributed by atoms with van der Waals surface area (Å²) in [5.41, 5.74) is 0.936. The van der Waals surface area contributed by atoms with Crippen LogP contribution in [0.3, 0.4) is 0 Å². The number of aliphatic hydroxyl groups excluding tert-OH is 1. The maximum atomic E-state index is 12.2. The third-order valence-electron chi connectivity index (χ3n) is 3.31. The average Bonchev–Trinajstić information content (AvgIpc) is 2.97. The molecule has 1 aliphatic rings. The summed E-state index contributed by atoms with van der Waals surface area (Å²) in [5, 5.41) is 11.5. The molecule has 0 saturated carbocycles. The van der Waals surface area contributed by atoms with Crippen molar-refractivity contribution in [3.63, 3.8) is 0 Å². The van der Waals surface area contributed by atoms with Gasteiger partial charge < -0.3 is 15.3 Å². The molecule has 0 bridgehead atoms. The number of carbonyl (C=O) groups excluding carboxylic acids is 2. The Morgan fingerprint density at radius 2 is 2.38 bits per heavy atom. The minimum atomic E-state index is -0.422. The summed E-state index contributed by atoms with van der Waals surface area (Å²) in [7, 11) is 1.73. The molecular weight excluding hydrogens is 288 g/mol. The van der Waals surface area contributed by atoms with Crippen molar-refractivity contribution in [2.75, 3.05) is 20.2 Å². The number of amides is 2. The maximum Gasteiger partial charge on any atom is 0.262 e. The first-order valence-electron chi connectivity index (χ1n) is 6.79. The second-order valence-corrected chi connectivity index (χ2v) is 6.02. The molecule has 2 heterocycles. The standard InChI is InChI=1S/C15H18N2O3S/c1-10-9-13(21-12(10)5-3-4-8-18)14(19)16-11-6-7-17(2)15(11)20/h9,11,18H,4,6-8H2,1-2H3,(H,16,19). The van der Waals surface area contributed by atoms with Gasteiger partial charge in [0.05, 0.1) is 16.4 Å². The second-order valence-electron chi connectivity index (χ2n) is 4.97. The van der Waals surface area contributed by atoms with Gasteiger partial charge in [0.25, 0.3) is 5.91 Å². The molecule has 0 radical (unpaired) electrons. The summed E-state index contributed by atoms with van der Waals surface area (Å²) in [6.45, 7) is 2.60. The fraction of sp³-hybridized carbons (Fsp3) is 0.467. The van der Waals surface area contributed by atoms with Crippen molar-refractivity contribution in [1.29, 1.82) is 0 Å². The van der Waals surface area contributed by atoms with Gasteiger partial charge in [0.2, 0.25) is 5.91 Å². The summed E-state index contributed by atoms with van der Waals surface area (Å²) >= 11 is 1.31. The molecular formula is C15H18N2O3S. The lowest BCUT2D eigenvalue weighted by Crippen LogP contribution is -2.40. The van der Waals surface area contributed by atoms with E-state index in [0.717, 1.165) is 10.4 Å². The molecule has 1 aliphatic heterocycles. The van der Waals surface area contributed by atoms with Crippen LogP contribution >= 0.6 is 11.3 Å². The zero-order valence-electron chi connectivity index (χ0n) is 12.1. The van der Waals surface area contributed by atoms with E-state index in [1.165, 1.54) is 11.3 Å². The number of aryl methyl sites for hydroxylation is 1. The van der Waals surface area contributed by atoms with E-state index in [1.807, 2.05) is 6.92 Å². The number of hydrogen-bond donors (Lipinski definition) is 2. The van der Waals surface area contributed by atoms with E-state index in [4.69, 9.17) is 5.11 Å². The number of nitrogens with one attached hydrogen (secondary N) is 1. The van der Waals surface area contributed by atoms with Crippen LogP contribution < -0.4 is 5.32 Å². The number of carbonyl (C=O) groups is 2. The third-order valence-corrected chi connectivity index (χ3v) is 4.46. The smallest absolute Gasteiger partial charge is 0.262 e. The molecule has 0 aliphatic carbocycles. The van der Waals surface area contributed by atoms with E-state index in [0.29, 0.717) is 24.3 Å². The molecule has 1 unspecified atom stereocenters. The van der Waals surface area contributed by atoms with Gasteiger partial charge in [-0.15, -0.1) is 11.3 Å². The molecule has 2 rings (SSSR count). The van der Waals surface area contributed by atoms with Crippen molar-refractivity contribution in [2.24, 2.45) is 0 Å². The fourth-order valence-corrected chi connectivity index (χ4v) is 3.05. The molecule has 1 atom stereocenters. The van der Waals surface area contributed by atoms with Gasteiger partial charge in [0.1, 0.15) is 6.04 Å². The van der Waals surface area contributed by atoms with Crippen LogP contribution in [0.5, 0.6) is 0 Å². The number of aliphatic hydroxyl groups is 1. The Balaban J connectivity index is 2.05. The highest BCUT2D eigenvalue weighted by molar-refractivity contribution is 7.14. The van der Waals surface area contributed by atoms with Crippen molar-refractivity contribution < 1.29 is 14.7 Å². The van der Waals surface area contributed by atoms with E-state index >= 15 is 0 Å². The average molecular weight is 306 g/mol. The first kappa shape index (κ1) is 15.5. The highest BCUT2D eigenvalue weighted by Crippen LogP contribution is 2.21. The first-order valence-corrected chi connectivity index (χ1v) is 7.60. The Hall–Kier alpha value is -1.84. The van der Waals surface area contributed by atoms with Crippen LogP contribution in [-0.2, 0) is 4.79 Å². The third kappa shape index (κ3) is 3.63. The topological polar surface area (TPSA) is 69.6 Å². The van der Waals surface area contributed by atoms with Crippen LogP contribution in [0.25, 0.3) is 0 Å². The Morgan fingerprint density at radius 3 is 3.00 bits per heavy atom. The van der Waals surface area contributed by atoms with Gasteiger partial charge in [-0.2, -0.15) is 0 Å². The lowest BCUT2D eigenvalue weighted by atomic mass is 10.2. The van der Waals surface area contributed by atoms with Gasteiger partial charge in [-0.3, -0.25) is 9.59 Å². The molecule has 5 nitrogen and oxygen atoms in total. The predicted molar refractivity (Wildman–Crippen MR) is 81.1 cm³/mol. The van der Waals surface area contributed by atoms with Gasteiger partial charge >= 0.3 is 0 Å². The fourth-order valence-electron chi connectivity index (χ4n) is 2.10. The Bertz CT molecular complexity index is 612. The number of hydrogen-bond acceptors (Lipinski definition) is 4. The quantitative estimate of drug-likeness (QED) is 0.810. The Morgan fingerprint density at radius 1 is 1.62 bits per heavy atom. The summed E-state index contributed by atoms with van der Waals surface area (Å²) in [6, 6.07) is 1.36. The highest BCUT2D eigenvalue weighted by Gasteiger charge is 2.30. The summed E-state index contributed by atoms with van der Waals surface area (Å²) < 4.78 is 0. The van der Waals surface area contributed by atoms with Crippen molar-refractivity contribution >= 4 is 23.2 Å². The van der Waals surface area contributed by atoms with Crippen LogP contribution in [-0.4, -0.2) is 48.1 Å². The summed E-state index contributed by atoms with van der Waals surface area (Å²) in [4.78, 5) is 27.0. The van der Waals surface area contributed by atoms with Crippen molar-refractivity contribution in [1.82, 2.24) is 10.2 Å². The molecule has 112 valence electrons. The van der Waals surface area contributed by atoms with Crippen molar-refractivity contribution in [2.45, 2.75) is 25.8 Å². The molecule has 6 heteroatoms. The molecule has 1 saturated heterocycles. The van der Waals surface area contributed by atoms with Crippen molar-refractivity contribution in [3.8, 4) is 11.8 Å². The molecule has 1 fully saturated rings. The van der Waals surface area contributed by atoms with Crippen LogP contribution in [0, 0.1) is 18.8 Å². The van der Waals surface area contributed by atoms with Crippen LogP contribution in [0.1, 0.15) is 33.0 Å². The molecule has 0 aromatic carbocycles. The zero-order chi connectivity index (χ0) is 15.4. The molecule has 2 amide bonds. The van der Waals surface area contributed by atoms with Crippen LogP contribution in [0.15, 0.2) is 6.07 Å². The number of nitrogens with zero attached hydrogens (tertiary/aromatic N) is 1. The zero-order valence-corrected chi connectivity index (χ0v) is 12.9. The Kier molecular flexibility index (Phi) is 4.99. The molecule has 0 spiro atoms. The molecule has 21 heavy (non-hydrogen) atoms. The van der Waals surface area contributed by atoms with E-state index in [9.17, 15) is 9.59 Å². The lowest BCUT2D eigenvalue weighted by molar-refractivity contribution is -0.128. The number of thiophene rings is 1. The van der Waals surface area contributed by atoms with E-state index in [-0.39, 0.29) is 18.4 Å². The van der Waals surface area contributed by atoms with Gasteiger partial charge in [0.15, 0.2) is 0 Å². The number of likely N-dealkylation sites (N-methyl/N-ethyl adjacent to an activating group) is 1. The largest absolute Gasteiger partial charge is 0.395 e. The summed E-state index contributed by atoms with van der Waals surface area (Å²) in [5.74, 6) is 5.53. The Labute approximate surface area is 128 Å². The minimum absolute atomic E-state index is 0.0298. The van der Waals surface area contributed by atoms with Crippen molar-refractivity contribution in [3.05, 3.63) is 21.4 Å². The van der Waals surface area contributed by atoms with Gasteiger partial charge in [0, 0.05) is 20.0 Å². The van der Waals surface area contributed by atoms with E-state index in [1.54, 1.807) is 18.0 Å². The summed E-state index contributed by atoms with van der Waals surface area (Å²) in [6.07, 6.45) is 1.07. The van der Waals surface area contributed by atoms with Gasteiger partial charge in [-0.1, -0.05) is 11.8 Å². The number of rotatable bonds is 3. The maximum absolute atomic E-state index is 12.2. The SMILES string of the molecule is Cc1cc(C(=O)NC2CCN(C)C2=O)sc1C#CCCO. The second kappa shape index (κ2) is 6.74. The lowest BCUT2D eigenvalue weighted by Gasteiger charge is -2.11. The normalized spacial score (nSPS) is 17.6. The van der Waals surface area contributed by atoms with Gasteiger partial charge in [-0.05, 0) is 25.0 Å². The predicted octanol–water partition coefficient (Wildman–Crippen LogP) is 0.751. The molecule has 2 N–H and O–H groups in total.